The summed E-state index contributed by atoms with van der Waals surface area (Å²) in [6.07, 6.45) is 2.13. The molecule has 0 saturated heterocycles. The fourth-order valence-electron chi connectivity index (χ4n) is 1.74. The summed E-state index contributed by atoms with van der Waals surface area (Å²) in [4.78, 5) is 0. The lowest BCUT2D eigenvalue weighted by atomic mass is 10.1. The lowest BCUT2D eigenvalue weighted by Gasteiger charge is -2.02. The smallest absolute Gasteiger partial charge is 0.0480 e. The number of aromatic nitrogens is 1. The van der Waals surface area contributed by atoms with Gasteiger partial charge in [-0.15, -0.1) is 0 Å². The van der Waals surface area contributed by atoms with E-state index in [1.807, 2.05) is 20.8 Å². The molecule has 0 bridgehead atoms. The molecule has 1 nitrogen and oxygen atoms in total. The minimum atomic E-state index is 1.02. The standard InChI is InChI=1S/C13H15N.C2H6/c1-4-14-8-7-12-9-11(10(2)3)5-6-13(12)14;1-2/h5-9H,2,4H2,1,3H3;1-2H3. The van der Waals surface area contributed by atoms with E-state index in [0.29, 0.717) is 0 Å². The van der Waals surface area contributed by atoms with Crippen molar-refractivity contribution in [2.24, 2.45) is 0 Å². The molecule has 2 rings (SSSR count). The van der Waals surface area contributed by atoms with E-state index in [1.54, 1.807) is 0 Å². The van der Waals surface area contributed by atoms with Crippen LogP contribution < -0.4 is 0 Å². The molecule has 0 aliphatic rings. The number of rotatable bonds is 2. The Morgan fingerprint density at radius 2 is 1.94 bits per heavy atom. The summed E-state index contributed by atoms with van der Waals surface area (Å²) in [6.45, 7) is 13.2. The highest BCUT2D eigenvalue weighted by Gasteiger charge is 2.00. The van der Waals surface area contributed by atoms with Crippen LogP contribution in [-0.4, -0.2) is 4.57 Å². The average Bonchev–Trinajstić information content (AvgIpc) is 2.73. The predicted molar refractivity (Wildman–Crippen MR) is 73.7 cm³/mol. The van der Waals surface area contributed by atoms with Crippen molar-refractivity contribution in [1.82, 2.24) is 4.57 Å². The molecule has 0 amide bonds. The van der Waals surface area contributed by atoms with E-state index in [1.165, 1.54) is 16.5 Å². The van der Waals surface area contributed by atoms with E-state index in [-0.39, 0.29) is 0 Å². The summed E-state index contributed by atoms with van der Waals surface area (Å²) in [5.74, 6) is 0. The molecule has 0 aliphatic carbocycles. The number of nitrogens with zero attached hydrogens (tertiary/aromatic N) is 1. The summed E-state index contributed by atoms with van der Waals surface area (Å²) in [6, 6.07) is 8.66. The topological polar surface area (TPSA) is 4.93 Å². The molecule has 86 valence electrons. The average molecular weight is 215 g/mol. The van der Waals surface area contributed by atoms with Crippen molar-refractivity contribution < 1.29 is 0 Å². The van der Waals surface area contributed by atoms with E-state index in [9.17, 15) is 0 Å². The van der Waals surface area contributed by atoms with Crippen molar-refractivity contribution in [3.8, 4) is 0 Å². The Morgan fingerprint density at radius 3 is 2.50 bits per heavy atom. The molecule has 1 heterocycles. The van der Waals surface area contributed by atoms with Gasteiger partial charge < -0.3 is 4.57 Å². The van der Waals surface area contributed by atoms with Gasteiger partial charge in [0.2, 0.25) is 0 Å². The minimum absolute atomic E-state index is 1.02. The zero-order chi connectivity index (χ0) is 12.1. The van der Waals surface area contributed by atoms with Crippen LogP contribution in [-0.2, 0) is 6.54 Å². The van der Waals surface area contributed by atoms with Crippen LogP contribution in [0.2, 0.25) is 0 Å². The third-order valence-electron chi connectivity index (χ3n) is 2.60. The van der Waals surface area contributed by atoms with Crippen LogP contribution in [0, 0.1) is 0 Å². The molecule has 0 spiro atoms. The quantitative estimate of drug-likeness (QED) is 0.683. The van der Waals surface area contributed by atoms with Crippen LogP contribution in [0.4, 0.5) is 0 Å². The molecule has 16 heavy (non-hydrogen) atoms. The van der Waals surface area contributed by atoms with Crippen LogP contribution >= 0.6 is 0 Å². The summed E-state index contributed by atoms with van der Waals surface area (Å²) in [5, 5.41) is 1.30. The maximum Gasteiger partial charge on any atom is 0.0480 e. The first-order chi connectivity index (χ1) is 7.72. The maximum absolute atomic E-state index is 3.95. The normalized spacial score (nSPS) is 9.75. The molecular formula is C15H21N. The lowest BCUT2D eigenvalue weighted by molar-refractivity contribution is 0.797. The summed E-state index contributed by atoms with van der Waals surface area (Å²) in [7, 11) is 0. The predicted octanol–water partition coefficient (Wildman–Crippen LogP) is 4.72. The molecule has 0 N–H and O–H groups in total. The zero-order valence-electron chi connectivity index (χ0n) is 10.7. The first kappa shape index (κ1) is 12.6. The van der Waals surface area contributed by atoms with E-state index in [0.717, 1.165) is 12.1 Å². The Balaban J connectivity index is 0.000000606. The fourth-order valence-corrected chi connectivity index (χ4v) is 1.74. The van der Waals surface area contributed by atoms with Crippen molar-refractivity contribution in [3.05, 3.63) is 42.6 Å². The third kappa shape index (κ3) is 2.35. The first-order valence-corrected chi connectivity index (χ1v) is 5.97. The zero-order valence-corrected chi connectivity index (χ0v) is 10.7. The lowest BCUT2D eigenvalue weighted by Crippen LogP contribution is -1.90. The Hall–Kier alpha value is -1.50. The van der Waals surface area contributed by atoms with Crippen LogP contribution in [0.3, 0.4) is 0 Å². The molecule has 2 aromatic rings. The number of allylic oxidation sites excluding steroid dienone is 1. The number of aryl methyl sites for hydroxylation is 1. The summed E-state index contributed by atoms with van der Waals surface area (Å²) in [5.41, 5.74) is 3.65. The van der Waals surface area contributed by atoms with Gasteiger partial charge in [-0.2, -0.15) is 0 Å². The Kier molecular flexibility index (Phi) is 4.36. The van der Waals surface area contributed by atoms with Crippen molar-refractivity contribution in [1.29, 1.82) is 0 Å². The van der Waals surface area contributed by atoms with E-state index < -0.39 is 0 Å². The van der Waals surface area contributed by atoms with Crippen LogP contribution in [0.15, 0.2) is 37.0 Å². The van der Waals surface area contributed by atoms with Gasteiger partial charge in [0, 0.05) is 23.6 Å². The maximum atomic E-state index is 3.95. The van der Waals surface area contributed by atoms with Gasteiger partial charge in [0.25, 0.3) is 0 Å². The number of benzene rings is 1. The van der Waals surface area contributed by atoms with E-state index in [2.05, 4.69) is 48.5 Å². The summed E-state index contributed by atoms with van der Waals surface area (Å²) >= 11 is 0. The van der Waals surface area contributed by atoms with Gasteiger partial charge in [0.05, 0.1) is 0 Å². The van der Waals surface area contributed by atoms with Gasteiger partial charge in [0.1, 0.15) is 0 Å². The Morgan fingerprint density at radius 1 is 1.25 bits per heavy atom. The van der Waals surface area contributed by atoms with Crippen LogP contribution in [0.5, 0.6) is 0 Å². The van der Waals surface area contributed by atoms with Crippen LogP contribution in [0.25, 0.3) is 16.5 Å². The van der Waals surface area contributed by atoms with Gasteiger partial charge >= 0.3 is 0 Å². The minimum Gasteiger partial charge on any atom is -0.348 e. The summed E-state index contributed by atoms with van der Waals surface area (Å²) < 4.78 is 2.25. The van der Waals surface area contributed by atoms with Gasteiger partial charge in [0.15, 0.2) is 0 Å². The van der Waals surface area contributed by atoms with Crippen molar-refractivity contribution in [3.63, 3.8) is 0 Å². The molecule has 1 aromatic carbocycles. The Bertz CT molecular complexity index is 477. The van der Waals surface area contributed by atoms with Gasteiger partial charge in [-0.1, -0.05) is 32.1 Å². The molecule has 0 saturated carbocycles. The van der Waals surface area contributed by atoms with Gasteiger partial charge in [-0.3, -0.25) is 0 Å². The van der Waals surface area contributed by atoms with Crippen molar-refractivity contribution in [2.75, 3.05) is 0 Å². The van der Waals surface area contributed by atoms with E-state index >= 15 is 0 Å². The van der Waals surface area contributed by atoms with Gasteiger partial charge in [-0.05, 0) is 37.6 Å². The highest BCUT2D eigenvalue weighted by molar-refractivity contribution is 5.84. The van der Waals surface area contributed by atoms with Crippen molar-refractivity contribution in [2.45, 2.75) is 34.2 Å². The second-order valence-corrected chi connectivity index (χ2v) is 3.66. The van der Waals surface area contributed by atoms with Gasteiger partial charge in [-0.25, -0.2) is 0 Å². The van der Waals surface area contributed by atoms with Crippen molar-refractivity contribution >= 4 is 16.5 Å². The second-order valence-electron chi connectivity index (χ2n) is 3.66. The SMILES string of the molecule is C=C(C)c1ccc2c(ccn2CC)c1.CC. The monoisotopic (exact) mass is 215 g/mol. The molecular weight excluding hydrogens is 194 g/mol. The fraction of sp³-hybridized carbons (Fsp3) is 0.333. The number of hydrogen-bond acceptors (Lipinski definition) is 0. The largest absolute Gasteiger partial charge is 0.348 e. The molecule has 0 atom stereocenters. The highest BCUT2D eigenvalue weighted by atomic mass is 14.9. The molecule has 0 unspecified atom stereocenters. The highest BCUT2D eigenvalue weighted by Crippen LogP contribution is 2.21. The number of fused-ring (bicyclic) bond motifs is 1. The molecule has 1 heteroatoms. The third-order valence-corrected chi connectivity index (χ3v) is 2.60. The number of hydrogen-bond donors (Lipinski definition) is 0. The Labute approximate surface area is 98.4 Å². The first-order valence-electron chi connectivity index (χ1n) is 5.97. The molecule has 0 fully saturated rings. The molecule has 1 aromatic heterocycles. The molecule has 0 aliphatic heterocycles. The second kappa shape index (κ2) is 5.55. The van der Waals surface area contributed by atoms with Crippen LogP contribution in [0.1, 0.15) is 33.3 Å². The molecule has 0 radical (unpaired) electrons. The van der Waals surface area contributed by atoms with E-state index in [4.69, 9.17) is 0 Å².